The van der Waals surface area contributed by atoms with E-state index < -0.39 is 24.5 Å². The highest BCUT2D eigenvalue weighted by Gasteiger charge is 2.29. The third kappa shape index (κ3) is 6.07. The average Bonchev–Trinajstić information content (AvgIpc) is 3.03. The van der Waals surface area contributed by atoms with Gasteiger partial charge in [-0.3, -0.25) is 4.79 Å². The van der Waals surface area contributed by atoms with Crippen LogP contribution in [0.5, 0.6) is 5.88 Å². The number of hydrogen-bond donors (Lipinski definition) is 1. The number of hydrogen-bond acceptors (Lipinski definition) is 4. The predicted molar refractivity (Wildman–Crippen MR) is 110 cm³/mol. The second-order valence-corrected chi connectivity index (χ2v) is 6.96. The third-order valence-corrected chi connectivity index (χ3v) is 4.56. The van der Waals surface area contributed by atoms with Gasteiger partial charge < -0.3 is 10.1 Å². The molecule has 32 heavy (non-hydrogen) atoms. The summed E-state index contributed by atoms with van der Waals surface area (Å²) in [5, 5.41) is 7.08. The van der Waals surface area contributed by atoms with Gasteiger partial charge in [-0.25, -0.2) is 14.1 Å². The number of rotatable bonds is 7. The second-order valence-electron chi connectivity index (χ2n) is 6.60. The zero-order valence-electron chi connectivity index (χ0n) is 16.7. The molecule has 11 heteroatoms. The van der Waals surface area contributed by atoms with Gasteiger partial charge in [-0.1, -0.05) is 17.7 Å². The molecule has 2 heterocycles. The molecule has 3 aromatic rings. The Labute approximate surface area is 185 Å². The standard InChI is InChI=1S/C21H17ClF4N4O2/c1-13-17(19(22)30(29-13)16-6-4-15(23)5-7-16)8-9-18(31)28-11-14-3-2-10-27-20(14)32-12-21(24,25)26/h2-10H,11-12H2,1H3,(H,28,31). The van der Waals surface area contributed by atoms with Gasteiger partial charge in [-0.2, -0.15) is 18.3 Å². The van der Waals surface area contributed by atoms with Crippen LogP contribution >= 0.6 is 11.6 Å². The van der Waals surface area contributed by atoms with E-state index in [0.29, 0.717) is 16.9 Å². The Morgan fingerprint density at radius 3 is 2.66 bits per heavy atom. The molecule has 0 spiro atoms. The summed E-state index contributed by atoms with van der Waals surface area (Å²) >= 11 is 6.36. The first-order valence-corrected chi connectivity index (χ1v) is 9.62. The fourth-order valence-electron chi connectivity index (χ4n) is 2.69. The molecule has 0 radical (unpaired) electrons. The lowest BCUT2D eigenvalue weighted by Gasteiger charge is -2.12. The normalized spacial score (nSPS) is 11.7. The smallest absolute Gasteiger partial charge is 0.422 e. The number of carbonyl (C=O) groups excluding carboxylic acids is 1. The number of pyridine rings is 1. The van der Waals surface area contributed by atoms with Crippen LogP contribution in [0.15, 0.2) is 48.7 Å². The number of benzene rings is 1. The van der Waals surface area contributed by atoms with Crippen LogP contribution in [0, 0.1) is 12.7 Å². The number of aryl methyl sites for hydroxylation is 1. The second kappa shape index (κ2) is 9.82. The number of amides is 1. The van der Waals surface area contributed by atoms with Crippen molar-refractivity contribution in [3.8, 4) is 11.6 Å². The van der Waals surface area contributed by atoms with Crippen molar-refractivity contribution in [1.82, 2.24) is 20.1 Å². The lowest BCUT2D eigenvalue weighted by Crippen LogP contribution is -2.23. The Kier molecular flexibility index (Phi) is 7.14. The summed E-state index contributed by atoms with van der Waals surface area (Å²) in [5.74, 6) is -1.12. The number of aromatic nitrogens is 3. The van der Waals surface area contributed by atoms with Crippen LogP contribution in [-0.2, 0) is 11.3 Å². The zero-order chi connectivity index (χ0) is 23.3. The highest BCUT2D eigenvalue weighted by Crippen LogP contribution is 2.25. The molecule has 0 aliphatic heterocycles. The summed E-state index contributed by atoms with van der Waals surface area (Å²) in [7, 11) is 0. The van der Waals surface area contributed by atoms with Gasteiger partial charge in [0.05, 0.1) is 11.4 Å². The third-order valence-electron chi connectivity index (χ3n) is 4.20. The molecule has 0 bridgehead atoms. The zero-order valence-corrected chi connectivity index (χ0v) is 17.4. The maximum Gasteiger partial charge on any atom is 0.422 e. The van der Waals surface area contributed by atoms with Gasteiger partial charge in [0, 0.05) is 29.9 Å². The molecular weight excluding hydrogens is 452 g/mol. The van der Waals surface area contributed by atoms with E-state index in [4.69, 9.17) is 11.6 Å². The van der Waals surface area contributed by atoms with Crippen LogP contribution in [0.2, 0.25) is 5.15 Å². The van der Waals surface area contributed by atoms with Gasteiger partial charge in [-0.05, 0) is 43.3 Å². The molecule has 0 saturated carbocycles. The summed E-state index contributed by atoms with van der Waals surface area (Å²) in [6.45, 7) is 0.121. The average molecular weight is 469 g/mol. The maximum absolute atomic E-state index is 13.1. The van der Waals surface area contributed by atoms with Crippen molar-refractivity contribution in [2.75, 3.05) is 6.61 Å². The molecule has 1 N–H and O–H groups in total. The topological polar surface area (TPSA) is 69.0 Å². The Morgan fingerprint density at radius 1 is 1.25 bits per heavy atom. The molecule has 0 unspecified atom stereocenters. The number of nitrogens with one attached hydrogen (secondary N) is 1. The molecule has 6 nitrogen and oxygen atoms in total. The summed E-state index contributed by atoms with van der Waals surface area (Å²) in [4.78, 5) is 16.0. The molecule has 1 amide bonds. The van der Waals surface area contributed by atoms with Crippen LogP contribution < -0.4 is 10.1 Å². The van der Waals surface area contributed by atoms with Gasteiger partial charge in [0.25, 0.3) is 0 Å². The predicted octanol–water partition coefficient (Wildman–Crippen LogP) is 4.64. The molecule has 0 aliphatic carbocycles. The van der Waals surface area contributed by atoms with Crippen molar-refractivity contribution >= 4 is 23.6 Å². The van der Waals surface area contributed by atoms with Crippen molar-refractivity contribution in [2.45, 2.75) is 19.6 Å². The summed E-state index contributed by atoms with van der Waals surface area (Å²) in [6, 6.07) is 8.59. The van der Waals surface area contributed by atoms with Gasteiger partial charge in [0.2, 0.25) is 11.8 Å². The van der Waals surface area contributed by atoms with E-state index in [1.54, 1.807) is 6.92 Å². The Balaban J connectivity index is 1.66. The molecule has 168 valence electrons. The van der Waals surface area contributed by atoms with Gasteiger partial charge >= 0.3 is 6.18 Å². The quantitative estimate of drug-likeness (QED) is 0.405. The van der Waals surface area contributed by atoms with E-state index in [2.05, 4.69) is 20.1 Å². The van der Waals surface area contributed by atoms with E-state index in [1.165, 1.54) is 59.4 Å². The fourth-order valence-corrected chi connectivity index (χ4v) is 3.03. The van der Waals surface area contributed by atoms with Crippen LogP contribution in [0.4, 0.5) is 17.6 Å². The van der Waals surface area contributed by atoms with Gasteiger partial charge in [-0.15, -0.1) is 0 Å². The fraction of sp³-hybridized carbons (Fsp3) is 0.190. The van der Waals surface area contributed by atoms with Crippen LogP contribution in [-0.4, -0.2) is 33.5 Å². The molecule has 3 rings (SSSR count). The van der Waals surface area contributed by atoms with Crippen molar-refractivity contribution in [3.63, 3.8) is 0 Å². The van der Waals surface area contributed by atoms with Gasteiger partial charge in [0.15, 0.2) is 6.61 Å². The number of halogens is 5. The molecule has 2 aromatic heterocycles. The molecular formula is C21H17ClF4N4O2. The number of nitrogens with zero attached hydrogens (tertiary/aromatic N) is 3. The number of alkyl halides is 3. The first kappa shape index (κ1) is 23.3. The summed E-state index contributed by atoms with van der Waals surface area (Å²) < 4.78 is 56.4. The Morgan fingerprint density at radius 2 is 1.97 bits per heavy atom. The van der Waals surface area contributed by atoms with Crippen molar-refractivity contribution in [2.24, 2.45) is 0 Å². The first-order valence-electron chi connectivity index (χ1n) is 9.24. The summed E-state index contributed by atoms with van der Waals surface area (Å²) in [5.41, 5.74) is 1.86. The lowest BCUT2D eigenvalue weighted by atomic mass is 10.2. The maximum atomic E-state index is 13.1. The Hall–Kier alpha value is -3.40. The van der Waals surface area contributed by atoms with Crippen LogP contribution in [0.3, 0.4) is 0 Å². The van der Waals surface area contributed by atoms with Crippen molar-refractivity contribution < 1.29 is 27.1 Å². The number of ether oxygens (including phenoxy) is 1. The number of carbonyl (C=O) groups is 1. The monoisotopic (exact) mass is 468 g/mol. The van der Waals surface area contributed by atoms with Gasteiger partial charge in [0.1, 0.15) is 11.0 Å². The lowest BCUT2D eigenvalue weighted by molar-refractivity contribution is -0.154. The van der Waals surface area contributed by atoms with E-state index in [0.717, 1.165) is 0 Å². The highest BCUT2D eigenvalue weighted by atomic mass is 35.5. The molecule has 0 atom stereocenters. The largest absolute Gasteiger partial charge is 0.468 e. The highest BCUT2D eigenvalue weighted by molar-refractivity contribution is 6.31. The molecule has 0 fully saturated rings. The van der Waals surface area contributed by atoms with Crippen LogP contribution in [0.25, 0.3) is 11.8 Å². The van der Waals surface area contributed by atoms with E-state index in [9.17, 15) is 22.4 Å². The molecule has 1 aromatic carbocycles. The minimum absolute atomic E-state index is 0.0915. The minimum atomic E-state index is -4.50. The van der Waals surface area contributed by atoms with Crippen molar-refractivity contribution in [3.05, 3.63) is 76.5 Å². The minimum Gasteiger partial charge on any atom is -0.468 e. The SMILES string of the molecule is Cc1nn(-c2ccc(F)cc2)c(Cl)c1C=CC(=O)NCc1cccnc1OCC(F)(F)F. The van der Waals surface area contributed by atoms with Crippen LogP contribution in [0.1, 0.15) is 16.8 Å². The molecule has 0 aliphatic rings. The summed E-state index contributed by atoms with van der Waals surface area (Å²) in [6.07, 6.45) is -0.529. The first-order chi connectivity index (χ1) is 15.1. The van der Waals surface area contributed by atoms with E-state index >= 15 is 0 Å². The van der Waals surface area contributed by atoms with E-state index in [-0.39, 0.29) is 23.1 Å². The van der Waals surface area contributed by atoms with E-state index in [1.807, 2.05) is 0 Å². The molecule has 0 saturated heterocycles. The van der Waals surface area contributed by atoms with Crippen molar-refractivity contribution in [1.29, 1.82) is 0 Å². The Bertz CT molecular complexity index is 1130.